The van der Waals surface area contributed by atoms with Gasteiger partial charge in [-0.1, -0.05) is 26.8 Å². The molecule has 1 N–H and O–H groups in total. The Morgan fingerprint density at radius 3 is 2.72 bits per heavy atom. The summed E-state index contributed by atoms with van der Waals surface area (Å²) in [7, 11) is 1.76. The van der Waals surface area contributed by atoms with Gasteiger partial charge in [-0.2, -0.15) is 0 Å². The molecule has 1 amide bonds. The van der Waals surface area contributed by atoms with Gasteiger partial charge in [-0.05, 0) is 80.7 Å². The number of amides is 1. The monoisotopic (exact) mass is 438 g/mol. The zero-order valence-corrected chi connectivity index (χ0v) is 20.1. The second-order valence-electron chi connectivity index (χ2n) is 12.4. The molecule has 1 aromatic carbocycles. The van der Waals surface area contributed by atoms with Crippen molar-refractivity contribution in [1.82, 2.24) is 10.2 Å². The fraction of sp³-hybridized carbons (Fsp3) is 0.741. The molecule has 1 spiro atoms. The normalized spacial score (nSPS) is 38.1. The van der Waals surface area contributed by atoms with E-state index >= 15 is 0 Å². The van der Waals surface area contributed by atoms with Crippen LogP contribution in [0.1, 0.15) is 70.4 Å². The van der Waals surface area contributed by atoms with Crippen LogP contribution in [0.15, 0.2) is 18.2 Å². The lowest BCUT2D eigenvalue weighted by Gasteiger charge is -2.71. The Kier molecular flexibility index (Phi) is 4.41. The Morgan fingerprint density at radius 2 is 2.06 bits per heavy atom. The fourth-order valence-corrected chi connectivity index (χ4v) is 7.44. The molecule has 4 atom stereocenters. The molecular weight excluding hydrogens is 400 g/mol. The van der Waals surface area contributed by atoms with E-state index in [1.807, 2.05) is 20.8 Å². The molecule has 5 heteroatoms. The quantitative estimate of drug-likeness (QED) is 0.776. The number of nitrogens with one attached hydrogen (secondary N) is 1. The summed E-state index contributed by atoms with van der Waals surface area (Å²) in [6, 6.07) is 7.13. The van der Waals surface area contributed by atoms with Crippen LogP contribution >= 0.6 is 0 Å². The minimum Gasteiger partial charge on any atom is -0.497 e. The highest BCUT2D eigenvalue weighted by atomic mass is 16.5. The topological polar surface area (TPSA) is 50.8 Å². The van der Waals surface area contributed by atoms with Crippen molar-refractivity contribution in [2.75, 3.05) is 26.8 Å². The number of hydrogen-bond donors (Lipinski definition) is 1. The van der Waals surface area contributed by atoms with Gasteiger partial charge in [-0.25, -0.2) is 0 Å². The third-order valence-corrected chi connectivity index (χ3v) is 9.33. The highest BCUT2D eigenvalue weighted by Gasteiger charge is 2.71. The summed E-state index contributed by atoms with van der Waals surface area (Å²) in [6.07, 6.45) is 7.97. The molecule has 0 aromatic heterocycles. The van der Waals surface area contributed by atoms with Gasteiger partial charge in [0.1, 0.15) is 5.75 Å². The molecule has 0 radical (unpaired) electrons. The van der Waals surface area contributed by atoms with E-state index in [0.717, 1.165) is 50.3 Å². The molecule has 3 aliphatic heterocycles. The highest BCUT2D eigenvalue weighted by Crippen LogP contribution is 2.65. The van der Waals surface area contributed by atoms with Gasteiger partial charge in [0, 0.05) is 23.4 Å². The van der Waals surface area contributed by atoms with Crippen LogP contribution in [0.2, 0.25) is 0 Å². The molecule has 4 bridgehead atoms. The van der Waals surface area contributed by atoms with Crippen molar-refractivity contribution in [2.24, 2.45) is 11.3 Å². The molecule has 5 nitrogen and oxygen atoms in total. The first-order valence-corrected chi connectivity index (χ1v) is 12.6. The van der Waals surface area contributed by atoms with Gasteiger partial charge in [-0.3, -0.25) is 9.69 Å². The van der Waals surface area contributed by atoms with E-state index in [-0.39, 0.29) is 22.5 Å². The Bertz CT molecular complexity index is 939. The minimum atomic E-state index is -0.401. The molecule has 7 rings (SSSR count). The third-order valence-electron chi connectivity index (χ3n) is 9.33. The fourth-order valence-electron chi connectivity index (χ4n) is 7.44. The van der Waals surface area contributed by atoms with Gasteiger partial charge in [-0.15, -0.1) is 0 Å². The predicted octanol–water partition coefficient (Wildman–Crippen LogP) is 3.83. The Balaban J connectivity index is 1.44. The van der Waals surface area contributed by atoms with Crippen LogP contribution in [0.25, 0.3) is 0 Å². The first-order valence-electron chi connectivity index (χ1n) is 12.6. The van der Waals surface area contributed by atoms with Gasteiger partial charge >= 0.3 is 0 Å². The van der Waals surface area contributed by atoms with Crippen LogP contribution in [0, 0.1) is 11.3 Å². The minimum absolute atomic E-state index is 0.0541. The Labute approximate surface area is 192 Å². The van der Waals surface area contributed by atoms with Crippen LogP contribution in [0.4, 0.5) is 0 Å². The smallest absolute Gasteiger partial charge is 0.225 e. The number of methoxy groups -OCH3 is 1. The van der Waals surface area contributed by atoms with Crippen molar-refractivity contribution in [2.45, 2.75) is 88.3 Å². The number of hydrogen-bond acceptors (Lipinski definition) is 4. The molecule has 0 unspecified atom stereocenters. The van der Waals surface area contributed by atoms with E-state index in [0.29, 0.717) is 12.6 Å². The van der Waals surface area contributed by atoms with Gasteiger partial charge in [0.05, 0.1) is 24.9 Å². The molecule has 1 aromatic rings. The maximum Gasteiger partial charge on any atom is 0.225 e. The van der Waals surface area contributed by atoms with E-state index in [9.17, 15) is 4.79 Å². The summed E-state index contributed by atoms with van der Waals surface area (Å²) in [5.74, 6) is 1.95. The van der Waals surface area contributed by atoms with E-state index in [1.165, 1.54) is 30.5 Å². The van der Waals surface area contributed by atoms with E-state index in [2.05, 4.69) is 28.4 Å². The summed E-state index contributed by atoms with van der Waals surface area (Å²) in [5, 5.41) is 3.49. The molecule has 3 aliphatic carbocycles. The molecule has 3 heterocycles. The van der Waals surface area contributed by atoms with Crippen molar-refractivity contribution in [1.29, 1.82) is 0 Å². The first-order chi connectivity index (χ1) is 15.2. The van der Waals surface area contributed by atoms with E-state index < -0.39 is 5.41 Å². The first kappa shape index (κ1) is 21.0. The number of carbonyl (C=O) groups is 1. The maximum absolute atomic E-state index is 13.1. The van der Waals surface area contributed by atoms with E-state index in [1.54, 1.807) is 7.11 Å². The maximum atomic E-state index is 13.1. The van der Waals surface area contributed by atoms with Gasteiger partial charge in [0.2, 0.25) is 5.91 Å². The number of benzene rings is 1. The van der Waals surface area contributed by atoms with Gasteiger partial charge in [0.15, 0.2) is 0 Å². The standard InChI is InChI=1S/C27H38N2O3/c1-24(2,3)23(30)28-25-9-10-27(32-17-25)22-13-19-7-8-20(31-4)14-21(19)26(27,16-25)11-12-29(22)15-18-5-6-18/h7-8,14,18,22H,5-6,9-13,15-17H2,1-4H3,(H,28,30)/t22-,25+,26-,27-/m1/s1. The molecule has 2 saturated carbocycles. The number of piperidine rings is 1. The zero-order chi connectivity index (χ0) is 22.4. The molecule has 6 aliphatic rings. The Morgan fingerprint density at radius 1 is 1.25 bits per heavy atom. The van der Waals surface area contributed by atoms with Crippen LogP contribution in [-0.2, 0) is 21.4 Å². The number of nitrogens with zero attached hydrogens (tertiary/aromatic N) is 1. The molecular formula is C27H38N2O3. The van der Waals surface area contributed by atoms with Crippen LogP contribution in [0.3, 0.4) is 0 Å². The number of rotatable bonds is 4. The summed E-state index contributed by atoms with van der Waals surface area (Å²) < 4.78 is 12.7. The van der Waals surface area contributed by atoms with E-state index in [4.69, 9.17) is 9.47 Å². The second kappa shape index (κ2) is 6.73. The lowest BCUT2D eigenvalue weighted by molar-refractivity contribution is -0.263. The largest absolute Gasteiger partial charge is 0.497 e. The lowest BCUT2D eigenvalue weighted by Crippen LogP contribution is -2.81. The van der Waals surface area contributed by atoms with Crippen molar-refractivity contribution < 1.29 is 14.3 Å². The van der Waals surface area contributed by atoms with Crippen molar-refractivity contribution >= 4 is 5.91 Å². The number of fused-ring (bicyclic) bond motifs is 3. The Hall–Kier alpha value is -1.59. The number of likely N-dealkylation sites (tertiary alicyclic amines) is 1. The summed E-state index contributed by atoms with van der Waals surface area (Å²) in [6.45, 7) is 9.00. The summed E-state index contributed by atoms with van der Waals surface area (Å²) in [5.41, 5.74) is 2.01. The average molecular weight is 439 g/mol. The number of ether oxygens (including phenoxy) is 2. The summed E-state index contributed by atoms with van der Waals surface area (Å²) >= 11 is 0. The van der Waals surface area contributed by atoms with Crippen LogP contribution in [-0.4, -0.2) is 54.8 Å². The van der Waals surface area contributed by atoms with Crippen LogP contribution in [0.5, 0.6) is 5.75 Å². The lowest BCUT2D eigenvalue weighted by atomic mass is 9.45. The molecule has 174 valence electrons. The second-order valence-corrected chi connectivity index (χ2v) is 12.4. The number of carbonyl (C=O) groups excluding carboxylic acids is 1. The zero-order valence-electron chi connectivity index (χ0n) is 20.1. The van der Waals surface area contributed by atoms with Crippen molar-refractivity contribution in [3.8, 4) is 5.75 Å². The summed E-state index contributed by atoms with van der Waals surface area (Å²) in [4.78, 5) is 15.8. The SMILES string of the molecule is COc1ccc2c(c1)[C@]13CCN(CC4CC4)[C@H](C2)[C@]12CC[C@@](NC(=O)C(C)(C)C)(CO2)C3. The third kappa shape index (κ3) is 2.86. The van der Waals surface area contributed by atoms with Crippen molar-refractivity contribution in [3.05, 3.63) is 29.3 Å². The van der Waals surface area contributed by atoms with Gasteiger partial charge < -0.3 is 14.8 Å². The average Bonchev–Trinajstić information content (AvgIpc) is 3.58. The molecule has 3 saturated heterocycles. The van der Waals surface area contributed by atoms with Crippen LogP contribution < -0.4 is 10.1 Å². The highest BCUT2D eigenvalue weighted by molar-refractivity contribution is 5.82. The van der Waals surface area contributed by atoms with Gasteiger partial charge in [0.25, 0.3) is 0 Å². The molecule has 32 heavy (non-hydrogen) atoms. The predicted molar refractivity (Wildman–Crippen MR) is 124 cm³/mol. The molecule has 5 fully saturated rings. The van der Waals surface area contributed by atoms with Crippen molar-refractivity contribution in [3.63, 3.8) is 0 Å².